The summed E-state index contributed by atoms with van der Waals surface area (Å²) in [6.07, 6.45) is -1.67. The average Bonchev–Trinajstić information content (AvgIpc) is 2.91. The predicted molar refractivity (Wildman–Crippen MR) is 117 cm³/mol. The second kappa shape index (κ2) is 7.22. The molecule has 1 saturated carbocycles. The van der Waals surface area contributed by atoms with Gasteiger partial charge in [-0.05, 0) is 73.1 Å². The quantitative estimate of drug-likeness (QED) is 0.565. The van der Waals surface area contributed by atoms with Crippen LogP contribution in [0.2, 0.25) is 0 Å². The van der Waals surface area contributed by atoms with Crippen molar-refractivity contribution in [2.45, 2.75) is 58.2 Å². The van der Waals surface area contributed by atoms with Crippen LogP contribution in [0.15, 0.2) is 42.5 Å². The maximum absolute atomic E-state index is 12.6. The molecule has 0 spiro atoms. The number of nitrogen functional groups attached to an aromatic ring is 1. The van der Waals surface area contributed by atoms with Gasteiger partial charge in [0.25, 0.3) is 0 Å². The number of nitrogens with one attached hydrogen (secondary N) is 1. The number of benzene rings is 2. The molecule has 0 aromatic heterocycles. The van der Waals surface area contributed by atoms with E-state index in [0.717, 1.165) is 30.6 Å². The number of ether oxygens (including phenoxy) is 1. The van der Waals surface area contributed by atoms with Gasteiger partial charge >= 0.3 is 6.36 Å². The van der Waals surface area contributed by atoms with Crippen LogP contribution in [-0.2, 0) is 5.79 Å². The van der Waals surface area contributed by atoms with Crippen LogP contribution in [0.1, 0.15) is 45.6 Å². The highest BCUT2D eigenvalue weighted by Crippen LogP contribution is 2.50. The highest BCUT2D eigenvalue weighted by molar-refractivity contribution is 5.81. The lowest BCUT2D eigenvalue weighted by Gasteiger charge is -2.48. The molecule has 1 heterocycles. The molecule has 8 heteroatoms. The van der Waals surface area contributed by atoms with Crippen LogP contribution < -0.4 is 26.4 Å². The van der Waals surface area contributed by atoms with Crippen molar-refractivity contribution >= 4 is 17.1 Å². The molecule has 31 heavy (non-hydrogen) atoms. The Labute approximate surface area is 180 Å². The molecule has 0 bridgehead atoms. The van der Waals surface area contributed by atoms with E-state index >= 15 is 0 Å². The third-order valence-electron chi connectivity index (χ3n) is 6.24. The third-order valence-corrected chi connectivity index (χ3v) is 6.24. The first-order chi connectivity index (χ1) is 14.4. The van der Waals surface area contributed by atoms with Gasteiger partial charge in [0.05, 0.1) is 11.4 Å². The standard InChI is InChI=1S/C23H29F3N4O/c1-14-10-17(13-21(2,3)12-14)30-20-9-6-16(27)11-19(20)29-22(30,28)15-4-7-18(8-5-15)31-23(24,25)26/h4-9,11,14,17,29H,10,12-13,27-28H2,1-3H3/t14-,17+,22?/m0/s1. The molecule has 1 fully saturated rings. The summed E-state index contributed by atoms with van der Waals surface area (Å²) in [5, 5.41) is 3.39. The van der Waals surface area contributed by atoms with Gasteiger partial charge in [-0.15, -0.1) is 13.2 Å². The van der Waals surface area contributed by atoms with E-state index in [9.17, 15) is 13.2 Å². The summed E-state index contributed by atoms with van der Waals surface area (Å²) >= 11 is 0. The van der Waals surface area contributed by atoms with E-state index in [1.54, 1.807) is 12.1 Å². The van der Waals surface area contributed by atoms with E-state index < -0.39 is 12.1 Å². The number of rotatable bonds is 3. The summed E-state index contributed by atoms with van der Waals surface area (Å²) < 4.78 is 41.7. The molecule has 0 saturated heterocycles. The van der Waals surface area contributed by atoms with E-state index in [2.05, 4.69) is 35.7 Å². The number of hydrogen-bond donors (Lipinski definition) is 3. The highest BCUT2D eigenvalue weighted by Gasteiger charge is 2.48. The van der Waals surface area contributed by atoms with Crippen LogP contribution in [0.5, 0.6) is 5.75 Å². The average molecular weight is 435 g/mol. The van der Waals surface area contributed by atoms with Gasteiger partial charge < -0.3 is 20.7 Å². The van der Waals surface area contributed by atoms with Gasteiger partial charge in [0, 0.05) is 17.3 Å². The largest absolute Gasteiger partial charge is 0.573 e. The Bertz CT molecular complexity index is 960. The minimum absolute atomic E-state index is 0.157. The first-order valence-corrected chi connectivity index (χ1v) is 10.5. The lowest BCUT2D eigenvalue weighted by molar-refractivity contribution is -0.274. The van der Waals surface area contributed by atoms with Crippen molar-refractivity contribution in [1.82, 2.24) is 0 Å². The third kappa shape index (κ3) is 4.26. The van der Waals surface area contributed by atoms with Gasteiger partial charge in [-0.3, -0.25) is 5.73 Å². The van der Waals surface area contributed by atoms with Gasteiger partial charge in [0.2, 0.25) is 0 Å². The summed E-state index contributed by atoms with van der Waals surface area (Å²) in [7, 11) is 0. The molecule has 5 nitrogen and oxygen atoms in total. The van der Waals surface area contributed by atoms with Crippen molar-refractivity contribution in [3.05, 3.63) is 48.0 Å². The Hall–Kier alpha value is -2.61. The summed E-state index contributed by atoms with van der Waals surface area (Å²) in [5.74, 6) is -0.873. The van der Waals surface area contributed by atoms with Crippen LogP contribution in [0.4, 0.5) is 30.2 Å². The Morgan fingerprint density at radius 3 is 2.39 bits per heavy atom. The minimum atomic E-state index is -4.74. The predicted octanol–water partition coefficient (Wildman–Crippen LogP) is 5.38. The molecular formula is C23H29F3N4O. The number of hydrogen-bond acceptors (Lipinski definition) is 5. The first kappa shape index (κ1) is 21.6. The molecule has 0 amide bonds. The lowest BCUT2D eigenvalue weighted by atomic mass is 9.70. The molecular weight excluding hydrogens is 405 g/mol. The van der Waals surface area contributed by atoms with E-state index in [-0.39, 0.29) is 17.2 Å². The normalized spacial score (nSPS) is 27.5. The highest BCUT2D eigenvalue weighted by atomic mass is 19.4. The zero-order valence-corrected chi connectivity index (χ0v) is 18.0. The van der Waals surface area contributed by atoms with E-state index in [4.69, 9.17) is 11.5 Å². The van der Waals surface area contributed by atoms with Gasteiger partial charge in [-0.1, -0.05) is 20.8 Å². The Balaban J connectivity index is 1.74. The molecule has 1 aliphatic carbocycles. The number of nitrogens with two attached hydrogens (primary N) is 2. The van der Waals surface area contributed by atoms with Crippen molar-refractivity contribution in [1.29, 1.82) is 0 Å². The summed E-state index contributed by atoms with van der Waals surface area (Å²) in [6.45, 7) is 6.79. The summed E-state index contributed by atoms with van der Waals surface area (Å²) in [6, 6.07) is 11.5. The number of nitrogens with zero attached hydrogens (tertiary/aromatic N) is 1. The van der Waals surface area contributed by atoms with Crippen LogP contribution >= 0.6 is 0 Å². The molecule has 168 valence electrons. The van der Waals surface area contributed by atoms with Gasteiger partial charge in [-0.25, -0.2) is 0 Å². The first-order valence-electron chi connectivity index (χ1n) is 10.5. The van der Waals surface area contributed by atoms with Crippen molar-refractivity contribution in [2.24, 2.45) is 17.1 Å². The zero-order chi connectivity index (χ0) is 22.6. The molecule has 4 rings (SSSR count). The van der Waals surface area contributed by atoms with Crippen LogP contribution in [-0.4, -0.2) is 12.4 Å². The lowest BCUT2D eigenvalue weighted by Crippen LogP contribution is -2.60. The topological polar surface area (TPSA) is 76.5 Å². The zero-order valence-electron chi connectivity index (χ0n) is 18.0. The maximum Gasteiger partial charge on any atom is 0.573 e. The molecule has 5 N–H and O–H groups in total. The van der Waals surface area contributed by atoms with Gasteiger partial charge in [0.15, 0.2) is 5.79 Å². The molecule has 2 aromatic rings. The van der Waals surface area contributed by atoms with Gasteiger partial charge in [-0.2, -0.15) is 0 Å². The van der Waals surface area contributed by atoms with Crippen molar-refractivity contribution in [3.63, 3.8) is 0 Å². The fraction of sp³-hybridized carbons (Fsp3) is 0.478. The maximum atomic E-state index is 12.6. The number of alkyl halides is 3. The number of halogens is 3. The molecule has 2 aliphatic rings. The van der Waals surface area contributed by atoms with Crippen molar-refractivity contribution in [2.75, 3.05) is 16.0 Å². The Kier molecular flexibility index (Phi) is 5.04. The van der Waals surface area contributed by atoms with Crippen molar-refractivity contribution in [3.8, 4) is 5.75 Å². The van der Waals surface area contributed by atoms with Crippen LogP contribution in [0, 0.1) is 11.3 Å². The molecule has 1 unspecified atom stereocenters. The van der Waals surface area contributed by atoms with E-state index in [1.807, 2.05) is 18.2 Å². The fourth-order valence-corrected chi connectivity index (χ4v) is 5.42. The fourth-order valence-electron chi connectivity index (χ4n) is 5.42. The second-order valence-corrected chi connectivity index (χ2v) is 9.68. The van der Waals surface area contributed by atoms with E-state index in [1.165, 1.54) is 12.1 Å². The Morgan fingerprint density at radius 2 is 1.77 bits per heavy atom. The Morgan fingerprint density at radius 1 is 1.10 bits per heavy atom. The van der Waals surface area contributed by atoms with Crippen molar-refractivity contribution < 1.29 is 17.9 Å². The second-order valence-electron chi connectivity index (χ2n) is 9.68. The number of anilines is 3. The van der Waals surface area contributed by atoms with Crippen LogP contribution in [0.3, 0.4) is 0 Å². The summed E-state index contributed by atoms with van der Waals surface area (Å²) in [4.78, 5) is 2.18. The van der Waals surface area contributed by atoms with E-state index in [0.29, 0.717) is 17.2 Å². The molecule has 1 aliphatic heterocycles. The van der Waals surface area contributed by atoms with Gasteiger partial charge in [0.1, 0.15) is 5.75 Å². The smallest absolute Gasteiger partial charge is 0.406 e. The van der Waals surface area contributed by atoms with Crippen LogP contribution in [0.25, 0.3) is 0 Å². The molecule has 0 radical (unpaired) electrons. The number of fused-ring (bicyclic) bond motifs is 1. The minimum Gasteiger partial charge on any atom is -0.406 e. The summed E-state index contributed by atoms with van der Waals surface area (Å²) in [5.41, 5.74) is 16.2. The molecule has 2 aromatic carbocycles. The SMILES string of the molecule is C[C@H]1C[C@@H](N2c3ccc(N)cc3NC2(N)c2ccc(OC(F)(F)F)cc2)CC(C)(C)C1. The molecule has 3 atom stereocenters. The monoisotopic (exact) mass is 434 g/mol.